The third-order valence-electron chi connectivity index (χ3n) is 3.42. The van der Waals surface area contributed by atoms with Crippen LogP contribution in [-0.4, -0.2) is 94.9 Å². The van der Waals surface area contributed by atoms with Crippen molar-refractivity contribution in [3.8, 4) is 0 Å². The zero-order valence-electron chi connectivity index (χ0n) is 12.7. The van der Waals surface area contributed by atoms with Crippen molar-refractivity contribution in [3.05, 3.63) is 0 Å². The lowest BCUT2D eigenvalue weighted by atomic mass is 10.1. The Bertz CT molecular complexity index is 341. The first-order valence-corrected chi connectivity index (χ1v) is 6.71. The molecule has 0 aliphatic heterocycles. The maximum absolute atomic E-state index is 11.1. The van der Waals surface area contributed by atoms with E-state index >= 15 is 0 Å². The monoisotopic (exact) mass is 324 g/mol. The topological polar surface area (TPSA) is 140 Å². The summed E-state index contributed by atoms with van der Waals surface area (Å²) < 4.78 is 0. The van der Waals surface area contributed by atoms with E-state index in [-0.39, 0.29) is 19.3 Å². The number of carbonyl (C=O) groups is 2. The lowest BCUT2D eigenvalue weighted by Crippen LogP contribution is -2.46. The molecule has 0 heterocycles. The highest BCUT2D eigenvalue weighted by Gasteiger charge is 2.26. The summed E-state index contributed by atoms with van der Waals surface area (Å²) in [6.45, 7) is 0.786. The molecule has 2 atom stereocenters. The van der Waals surface area contributed by atoms with Crippen LogP contribution in [0.3, 0.4) is 0 Å². The molecule has 0 radical (unpaired) electrons. The van der Waals surface area contributed by atoms with E-state index in [1.807, 2.05) is 0 Å². The van der Waals surface area contributed by atoms with E-state index in [0.29, 0.717) is 19.5 Å². The predicted octanol–water partition coefficient (Wildman–Crippen LogP) is -0.484. The fourth-order valence-corrected chi connectivity index (χ4v) is 1.96. The number of carboxylic acids is 2. The Morgan fingerprint density at radius 1 is 1.05 bits per heavy atom. The average Bonchev–Trinajstić information content (AvgIpc) is 2.45. The van der Waals surface area contributed by atoms with E-state index in [2.05, 4.69) is 9.78 Å². The van der Waals surface area contributed by atoms with Crippen molar-refractivity contribution in [2.45, 2.75) is 24.9 Å². The first-order valence-electron chi connectivity index (χ1n) is 6.71. The number of nitrogens with zero attached hydrogens (tertiary/aromatic N) is 2. The van der Waals surface area contributed by atoms with E-state index in [1.165, 1.54) is 11.9 Å². The van der Waals surface area contributed by atoms with Crippen molar-refractivity contribution >= 4 is 11.9 Å². The van der Waals surface area contributed by atoms with Crippen LogP contribution in [0.15, 0.2) is 0 Å². The van der Waals surface area contributed by atoms with Gasteiger partial charge in [0.05, 0.1) is 19.6 Å². The summed E-state index contributed by atoms with van der Waals surface area (Å²) in [4.78, 5) is 33.1. The molecule has 0 rings (SSSR count). The van der Waals surface area contributed by atoms with Gasteiger partial charge in [0.15, 0.2) is 0 Å². The molecule has 22 heavy (non-hydrogen) atoms. The van der Waals surface area contributed by atoms with Crippen molar-refractivity contribution in [1.82, 2.24) is 9.80 Å². The van der Waals surface area contributed by atoms with Gasteiger partial charge in [-0.05, 0) is 20.5 Å². The van der Waals surface area contributed by atoms with Crippen molar-refractivity contribution < 1.29 is 40.1 Å². The molecule has 0 saturated carbocycles. The molecule has 2 unspecified atom stereocenters. The Morgan fingerprint density at radius 3 is 2.09 bits per heavy atom. The van der Waals surface area contributed by atoms with E-state index < -0.39 is 24.4 Å². The van der Waals surface area contributed by atoms with Gasteiger partial charge in [-0.15, -0.1) is 0 Å². The third-order valence-corrected chi connectivity index (χ3v) is 3.42. The minimum atomic E-state index is -1.20. The highest BCUT2D eigenvalue weighted by molar-refractivity contribution is 5.80. The fraction of sp³-hybridized carbons (Fsp3) is 0.833. The Labute approximate surface area is 128 Å². The highest BCUT2D eigenvalue weighted by Crippen LogP contribution is 2.06. The van der Waals surface area contributed by atoms with Crippen molar-refractivity contribution in [2.24, 2.45) is 0 Å². The van der Waals surface area contributed by atoms with Crippen LogP contribution in [0.4, 0.5) is 0 Å². The molecule has 0 saturated heterocycles. The lowest BCUT2D eigenvalue weighted by molar-refractivity contribution is -0.262. The number of hydrogen-bond donors (Lipinski definition) is 4. The van der Waals surface area contributed by atoms with Gasteiger partial charge >= 0.3 is 11.9 Å². The van der Waals surface area contributed by atoms with Gasteiger partial charge in [-0.3, -0.25) is 29.9 Å². The van der Waals surface area contributed by atoms with Crippen LogP contribution < -0.4 is 0 Å². The molecule has 0 aromatic carbocycles. The number of aliphatic carboxylic acids is 2. The Kier molecular flexibility index (Phi) is 10.6. The summed E-state index contributed by atoms with van der Waals surface area (Å²) in [7, 11) is 3.27. The highest BCUT2D eigenvalue weighted by atomic mass is 17.1. The lowest BCUT2D eigenvalue weighted by Gasteiger charge is -2.30. The van der Waals surface area contributed by atoms with Crippen molar-refractivity contribution in [2.75, 3.05) is 40.4 Å². The van der Waals surface area contributed by atoms with Crippen LogP contribution in [0.5, 0.6) is 0 Å². The summed E-state index contributed by atoms with van der Waals surface area (Å²) >= 11 is 0. The standard InChI is InChI=1S/C12H24N2O8/c1-13(9(8-22-20)3-6-21-19)4-5-14(2)10(12(17)18)7-11(15)16/h9-10,19-20H,3-8H2,1-2H3,(H,15,16)(H,17,18). The molecular weight excluding hydrogens is 300 g/mol. The SMILES string of the molecule is CN(CCN(C)C(CC(=O)O)C(=O)O)C(CCOO)COO. The zero-order chi connectivity index (χ0) is 17.1. The van der Waals surface area contributed by atoms with E-state index in [0.717, 1.165) is 0 Å². The molecule has 10 nitrogen and oxygen atoms in total. The Hall–Kier alpha value is -1.30. The maximum Gasteiger partial charge on any atom is 0.321 e. The molecule has 0 bridgehead atoms. The smallest absolute Gasteiger partial charge is 0.321 e. The van der Waals surface area contributed by atoms with E-state index in [4.69, 9.17) is 20.7 Å². The summed E-state index contributed by atoms with van der Waals surface area (Å²) in [5, 5.41) is 34.7. The van der Waals surface area contributed by atoms with Crippen LogP contribution in [0.25, 0.3) is 0 Å². The van der Waals surface area contributed by atoms with Crippen LogP contribution in [0, 0.1) is 0 Å². The van der Waals surface area contributed by atoms with Gasteiger partial charge < -0.3 is 10.2 Å². The quantitative estimate of drug-likeness (QED) is 0.259. The van der Waals surface area contributed by atoms with Crippen LogP contribution in [0.1, 0.15) is 12.8 Å². The van der Waals surface area contributed by atoms with Gasteiger partial charge in [-0.1, -0.05) is 0 Å². The molecular formula is C12H24N2O8. The number of hydrogen-bond acceptors (Lipinski definition) is 8. The average molecular weight is 324 g/mol. The van der Waals surface area contributed by atoms with Crippen LogP contribution in [-0.2, 0) is 19.4 Å². The second kappa shape index (κ2) is 11.3. The molecule has 0 aliphatic rings. The largest absolute Gasteiger partial charge is 0.481 e. The van der Waals surface area contributed by atoms with Crippen molar-refractivity contribution in [1.29, 1.82) is 0 Å². The fourth-order valence-electron chi connectivity index (χ4n) is 1.96. The normalized spacial score (nSPS) is 14.3. The molecule has 0 amide bonds. The Morgan fingerprint density at radius 2 is 1.64 bits per heavy atom. The van der Waals surface area contributed by atoms with Gasteiger partial charge in [-0.2, -0.15) is 0 Å². The van der Waals surface area contributed by atoms with Gasteiger partial charge in [0.2, 0.25) is 0 Å². The summed E-state index contributed by atoms with van der Waals surface area (Å²) in [5.41, 5.74) is 0. The summed E-state index contributed by atoms with van der Waals surface area (Å²) in [6, 6.07) is -1.35. The van der Waals surface area contributed by atoms with Gasteiger partial charge in [0.1, 0.15) is 6.04 Å². The molecule has 4 N–H and O–H groups in total. The number of likely N-dealkylation sites (N-methyl/N-ethyl adjacent to an activating group) is 2. The second-order valence-electron chi connectivity index (χ2n) is 4.98. The van der Waals surface area contributed by atoms with E-state index in [1.54, 1.807) is 11.9 Å². The first-order chi connectivity index (χ1) is 10.3. The Balaban J connectivity index is 4.46. The number of rotatable bonds is 13. The minimum Gasteiger partial charge on any atom is -0.481 e. The molecule has 0 spiro atoms. The molecule has 0 aliphatic carbocycles. The summed E-state index contributed by atoms with van der Waals surface area (Å²) in [6.07, 6.45) is -0.0914. The second-order valence-corrected chi connectivity index (χ2v) is 4.98. The van der Waals surface area contributed by atoms with E-state index in [9.17, 15) is 9.59 Å². The van der Waals surface area contributed by atoms with Gasteiger partial charge in [0, 0.05) is 19.1 Å². The number of carboxylic acid groups (broad SMARTS) is 2. The molecule has 0 aromatic heterocycles. The molecule has 10 heteroatoms. The van der Waals surface area contributed by atoms with Crippen LogP contribution in [0.2, 0.25) is 0 Å². The van der Waals surface area contributed by atoms with Gasteiger partial charge in [-0.25, -0.2) is 9.78 Å². The van der Waals surface area contributed by atoms with Gasteiger partial charge in [0.25, 0.3) is 0 Å². The van der Waals surface area contributed by atoms with Crippen molar-refractivity contribution in [3.63, 3.8) is 0 Å². The first kappa shape index (κ1) is 20.7. The third kappa shape index (κ3) is 8.22. The van der Waals surface area contributed by atoms with Crippen LogP contribution >= 0.6 is 0 Å². The maximum atomic E-state index is 11.1. The molecule has 0 aromatic rings. The predicted molar refractivity (Wildman–Crippen MR) is 74.5 cm³/mol. The zero-order valence-corrected chi connectivity index (χ0v) is 12.7. The molecule has 130 valence electrons. The minimum absolute atomic E-state index is 0.00105. The molecule has 0 fully saturated rings. The summed E-state index contributed by atoms with van der Waals surface area (Å²) in [5.74, 6) is -2.38.